The molecule has 0 saturated carbocycles. The summed E-state index contributed by atoms with van der Waals surface area (Å²) in [5.41, 5.74) is 2.60. The number of hydrogen-bond donors (Lipinski definition) is 1. The van der Waals surface area contributed by atoms with Gasteiger partial charge in [0.05, 0.1) is 6.20 Å². The molecule has 19 heavy (non-hydrogen) atoms. The lowest BCUT2D eigenvalue weighted by molar-refractivity contribution is 0.532. The van der Waals surface area contributed by atoms with Gasteiger partial charge in [-0.3, -0.25) is 4.68 Å². The summed E-state index contributed by atoms with van der Waals surface area (Å²) in [4.78, 5) is 0. The molecule has 1 atom stereocenters. The van der Waals surface area contributed by atoms with Crippen LogP contribution in [0.4, 0.5) is 8.78 Å². The summed E-state index contributed by atoms with van der Waals surface area (Å²) >= 11 is 0. The maximum atomic E-state index is 13.5. The number of aromatic nitrogens is 2. The Kier molecular flexibility index (Phi) is 3.95. The van der Waals surface area contributed by atoms with E-state index < -0.39 is 11.6 Å². The van der Waals surface area contributed by atoms with Gasteiger partial charge in [0.25, 0.3) is 0 Å². The smallest absolute Gasteiger partial charge is 0.130 e. The van der Waals surface area contributed by atoms with Crippen LogP contribution in [0.15, 0.2) is 24.4 Å². The van der Waals surface area contributed by atoms with Crippen LogP contribution >= 0.6 is 0 Å². The quantitative estimate of drug-likeness (QED) is 0.921. The SMILES string of the molecule is Cc1c(C(C)NCc2ccc(F)cc2F)cnn1C. The number of halogens is 2. The van der Waals surface area contributed by atoms with Crippen LogP contribution in [-0.4, -0.2) is 9.78 Å². The molecule has 0 amide bonds. The molecule has 1 unspecified atom stereocenters. The van der Waals surface area contributed by atoms with Gasteiger partial charge < -0.3 is 5.32 Å². The van der Waals surface area contributed by atoms with Crippen LogP contribution in [0.5, 0.6) is 0 Å². The van der Waals surface area contributed by atoms with Crippen LogP contribution in [0.2, 0.25) is 0 Å². The van der Waals surface area contributed by atoms with E-state index in [1.54, 1.807) is 10.9 Å². The second-order valence-corrected chi connectivity index (χ2v) is 4.65. The first-order valence-corrected chi connectivity index (χ1v) is 6.15. The van der Waals surface area contributed by atoms with Crippen molar-refractivity contribution in [2.45, 2.75) is 26.4 Å². The molecule has 1 N–H and O–H groups in total. The van der Waals surface area contributed by atoms with Crippen LogP contribution < -0.4 is 5.32 Å². The predicted molar refractivity (Wildman–Crippen MR) is 69.6 cm³/mol. The minimum absolute atomic E-state index is 0.0538. The molecule has 3 nitrogen and oxygen atoms in total. The zero-order valence-electron chi connectivity index (χ0n) is 11.2. The molecular formula is C14H17F2N3. The number of hydrogen-bond acceptors (Lipinski definition) is 2. The van der Waals surface area contributed by atoms with Gasteiger partial charge in [0.2, 0.25) is 0 Å². The Hall–Kier alpha value is -1.75. The van der Waals surface area contributed by atoms with Gasteiger partial charge >= 0.3 is 0 Å². The molecule has 0 fully saturated rings. The van der Waals surface area contributed by atoms with Crippen molar-refractivity contribution in [3.63, 3.8) is 0 Å². The molecule has 1 aromatic heterocycles. The minimum Gasteiger partial charge on any atom is -0.306 e. The second-order valence-electron chi connectivity index (χ2n) is 4.65. The van der Waals surface area contributed by atoms with Gasteiger partial charge in [0.15, 0.2) is 0 Å². The molecule has 1 aromatic carbocycles. The Bertz CT molecular complexity index is 578. The van der Waals surface area contributed by atoms with Crippen LogP contribution in [0.25, 0.3) is 0 Å². The molecule has 2 rings (SSSR count). The minimum atomic E-state index is -0.558. The Morgan fingerprint density at radius 1 is 1.37 bits per heavy atom. The topological polar surface area (TPSA) is 29.9 Å². The highest BCUT2D eigenvalue weighted by molar-refractivity contribution is 5.21. The van der Waals surface area contributed by atoms with Crippen molar-refractivity contribution in [3.8, 4) is 0 Å². The summed E-state index contributed by atoms with van der Waals surface area (Å²) in [6.07, 6.45) is 1.80. The van der Waals surface area contributed by atoms with Gasteiger partial charge in [0.1, 0.15) is 11.6 Å². The highest BCUT2D eigenvalue weighted by atomic mass is 19.1. The molecule has 0 saturated heterocycles. The Labute approximate surface area is 111 Å². The molecule has 2 aromatic rings. The predicted octanol–water partition coefficient (Wildman–Crippen LogP) is 2.86. The Balaban J connectivity index is 2.04. The average molecular weight is 265 g/mol. The number of rotatable bonds is 4. The molecule has 1 heterocycles. The van der Waals surface area contributed by atoms with E-state index in [-0.39, 0.29) is 6.04 Å². The first-order valence-electron chi connectivity index (χ1n) is 6.15. The third kappa shape index (κ3) is 2.98. The van der Waals surface area contributed by atoms with Crippen molar-refractivity contribution in [1.29, 1.82) is 0 Å². The molecule has 0 bridgehead atoms. The molecule has 5 heteroatoms. The van der Waals surface area contributed by atoms with E-state index in [0.29, 0.717) is 12.1 Å². The van der Waals surface area contributed by atoms with Gasteiger partial charge in [-0.1, -0.05) is 6.07 Å². The summed E-state index contributed by atoms with van der Waals surface area (Å²) < 4.78 is 28.1. The summed E-state index contributed by atoms with van der Waals surface area (Å²) in [5.74, 6) is -1.08. The second kappa shape index (κ2) is 5.48. The lowest BCUT2D eigenvalue weighted by Gasteiger charge is -2.14. The first kappa shape index (κ1) is 13.7. The van der Waals surface area contributed by atoms with Crippen LogP contribution in [0, 0.1) is 18.6 Å². The molecule has 0 aliphatic carbocycles. The first-order chi connectivity index (χ1) is 8.99. The number of benzene rings is 1. The van der Waals surface area contributed by atoms with Crippen LogP contribution in [0.1, 0.15) is 29.8 Å². The third-order valence-electron chi connectivity index (χ3n) is 3.35. The molecule has 0 radical (unpaired) electrons. The highest BCUT2D eigenvalue weighted by Gasteiger charge is 2.12. The summed E-state index contributed by atoms with van der Waals surface area (Å²) in [6.45, 7) is 4.33. The Morgan fingerprint density at radius 3 is 2.68 bits per heavy atom. The summed E-state index contributed by atoms with van der Waals surface area (Å²) in [5, 5.41) is 7.39. The van der Waals surface area contributed by atoms with Crippen molar-refractivity contribution < 1.29 is 8.78 Å². The van der Waals surface area contributed by atoms with Crippen molar-refractivity contribution >= 4 is 0 Å². The molecule has 0 aliphatic rings. The largest absolute Gasteiger partial charge is 0.306 e. The number of nitrogens with zero attached hydrogens (tertiary/aromatic N) is 2. The van der Waals surface area contributed by atoms with Gasteiger partial charge in [-0.2, -0.15) is 5.10 Å². The van der Waals surface area contributed by atoms with Gasteiger partial charge in [-0.15, -0.1) is 0 Å². The van der Waals surface area contributed by atoms with E-state index in [9.17, 15) is 8.78 Å². The molecule has 102 valence electrons. The van der Waals surface area contributed by atoms with Crippen molar-refractivity contribution in [3.05, 3.63) is 52.9 Å². The lowest BCUT2D eigenvalue weighted by atomic mass is 10.1. The maximum Gasteiger partial charge on any atom is 0.130 e. The monoisotopic (exact) mass is 265 g/mol. The van der Waals surface area contributed by atoms with E-state index in [4.69, 9.17) is 0 Å². The average Bonchev–Trinajstić information content (AvgIpc) is 2.69. The van der Waals surface area contributed by atoms with E-state index in [1.165, 1.54) is 12.1 Å². The highest BCUT2D eigenvalue weighted by Crippen LogP contribution is 2.17. The van der Waals surface area contributed by atoms with Crippen molar-refractivity contribution in [2.24, 2.45) is 7.05 Å². The van der Waals surface area contributed by atoms with Crippen molar-refractivity contribution in [2.75, 3.05) is 0 Å². The number of aryl methyl sites for hydroxylation is 1. The summed E-state index contributed by atoms with van der Waals surface area (Å²) in [7, 11) is 1.88. The van der Waals surface area contributed by atoms with Gasteiger partial charge in [0, 0.05) is 42.5 Å². The molecule has 0 spiro atoms. The van der Waals surface area contributed by atoms with E-state index in [2.05, 4.69) is 10.4 Å². The fourth-order valence-corrected chi connectivity index (χ4v) is 1.98. The zero-order chi connectivity index (χ0) is 14.0. The zero-order valence-corrected chi connectivity index (χ0v) is 11.2. The summed E-state index contributed by atoms with van der Waals surface area (Å²) in [6, 6.07) is 3.68. The van der Waals surface area contributed by atoms with E-state index in [1.807, 2.05) is 20.9 Å². The fraction of sp³-hybridized carbons (Fsp3) is 0.357. The van der Waals surface area contributed by atoms with Crippen LogP contribution in [-0.2, 0) is 13.6 Å². The normalized spacial score (nSPS) is 12.7. The fourth-order valence-electron chi connectivity index (χ4n) is 1.98. The van der Waals surface area contributed by atoms with Gasteiger partial charge in [-0.25, -0.2) is 8.78 Å². The third-order valence-corrected chi connectivity index (χ3v) is 3.35. The lowest BCUT2D eigenvalue weighted by Crippen LogP contribution is -2.19. The maximum absolute atomic E-state index is 13.5. The number of nitrogens with one attached hydrogen (secondary N) is 1. The van der Waals surface area contributed by atoms with Crippen LogP contribution in [0.3, 0.4) is 0 Å². The Morgan fingerprint density at radius 2 is 2.11 bits per heavy atom. The standard InChI is InChI=1S/C14H17F2N3/c1-9(13-8-18-19(3)10(13)2)17-7-11-4-5-12(15)6-14(11)16/h4-6,8-9,17H,7H2,1-3H3. The van der Waals surface area contributed by atoms with E-state index in [0.717, 1.165) is 17.3 Å². The van der Waals surface area contributed by atoms with E-state index >= 15 is 0 Å². The molecule has 0 aliphatic heterocycles. The molecular weight excluding hydrogens is 248 g/mol. The van der Waals surface area contributed by atoms with Gasteiger partial charge in [-0.05, 0) is 19.9 Å². The van der Waals surface area contributed by atoms with Crippen molar-refractivity contribution in [1.82, 2.24) is 15.1 Å².